The number of anilines is 1. The molecule has 3 aromatic rings. The first-order valence-corrected chi connectivity index (χ1v) is 6.69. The number of hydrogen-bond donors (Lipinski definition) is 1. The Morgan fingerprint density at radius 1 is 1.10 bits per heavy atom. The zero-order chi connectivity index (χ0) is 14.8. The third-order valence-electron chi connectivity index (χ3n) is 3.48. The third-order valence-corrected chi connectivity index (χ3v) is 3.48. The number of aromatic nitrogens is 1. The van der Waals surface area contributed by atoms with E-state index in [2.05, 4.69) is 10.3 Å². The summed E-state index contributed by atoms with van der Waals surface area (Å²) in [5.74, 6) is -1.11. The van der Waals surface area contributed by atoms with Crippen molar-refractivity contribution in [2.75, 3.05) is 5.32 Å². The number of rotatable bonds is 3. The van der Waals surface area contributed by atoms with Gasteiger partial charge < -0.3 is 5.32 Å². The number of benzene rings is 2. The molecule has 0 aliphatic heterocycles. The maximum absolute atomic E-state index is 13.8. The van der Waals surface area contributed by atoms with Crippen LogP contribution < -0.4 is 5.32 Å². The van der Waals surface area contributed by atoms with Crippen LogP contribution in [0.15, 0.2) is 54.9 Å². The van der Waals surface area contributed by atoms with Gasteiger partial charge in [0.15, 0.2) is 0 Å². The molecule has 4 heteroatoms. The van der Waals surface area contributed by atoms with Crippen LogP contribution in [-0.2, 0) is 0 Å². The van der Waals surface area contributed by atoms with Crippen molar-refractivity contribution in [2.45, 2.75) is 13.0 Å². The van der Waals surface area contributed by atoms with Gasteiger partial charge in [0, 0.05) is 40.5 Å². The van der Waals surface area contributed by atoms with Gasteiger partial charge in [0.2, 0.25) is 0 Å². The van der Waals surface area contributed by atoms with Crippen LogP contribution in [0, 0.1) is 11.6 Å². The van der Waals surface area contributed by atoms with Gasteiger partial charge in [0.25, 0.3) is 0 Å². The lowest BCUT2D eigenvalue weighted by Crippen LogP contribution is -2.09. The number of pyridine rings is 1. The Bertz CT molecular complexity index is 781. The van der Waals surface area contributed by atoms with Crippen LogP contribution in [0.5, 0.6) is 0 Å². The lowest BCUT2D eigenvalue weighted by atomic mass is 10.1. The summed E-state index contributed by atoms with van der Waals surface area (Å²) in [7, 11) is 0. The van der Waals surface area contributed by atoms with E-state index in [1.54, 1.807) is 12.4 Å². The van der Waals surface area contributed by atoms with Gasteiger partial charge in [-0.05, 0) is 25.1 Å². The highest BCUT2D eigenvalue weighted by atomic mass is 19.1. The van der Waals surface area contributed by atoms with Crippen molar-refractivity contribution in [3.05, 3.63) is 72.1 Å². The number of hydrogen-bond acceptors (Lipinski definition) is 2. The predicted octanol–water partition coefficient (Wildman–Crippen LogP) is 4.69. The van der Waals surface area contributed by atoms with Crippen molar-refractivity contribution in [3.63, 3.8) is 0 Å². The minimum Gasteiger partial charge on any atom is -0.378 e. The van der Waals surface area contributed by atoms with E-state index in [1.807, 2.05) is 31.2 Å². The Morgan fingerprint density at radius 3 is 2.76 bits per heavy atom. The molecular weight excluding hydrogens is 270 g/mol. The lowest BCUT2D eigenvalue weighted by Gasteiger charge is -2.18. The van der Waals surface area contributed by atoms with Crippen LogP contribution in [0.3, 0.4) is 0 Å². The monoisotopic (exact) mass is 284 g/mol. The molecule has 2 nitrogen and oxygen atoms in total. The van der Waals surface area contributed by atoms with Crippen LogP contribution in [-0.4, -0.2) is 4.98 Å². The maximum atomic E-state index is 13.8. The molecule has 0 saturated heterocycles. The van der Waals surface area contributed by atoms with E-state index >= 15 is 0 Å². The number of nitrogens with zero attached hydrogens (tertiary/aromatic N) is 1. The summed E-state index contributed by atoms with van der Waals surface area (Å²) in [5.41, 5.74) is 1.33. The molecule has 3 rings (SSSR count). The molecule has 0 aliphatic rings. The van der Waals surface area contributed by atoms with Gasteiger partial charge in [0.05, 0.1) is 6.04 Å². The van der Waals surface area contributed by atoms with Crippen molar-refractivity contribution in [2.24, 2.45) is 0 Å². The van der Waals surface area contributed by atoms with Gasteiger partial charge in [0.1, 0.15) is 11.6 Å². The summed E-state index contributed by atoms with van der Waals surface area (Å²) in [6.07, 6.45) is 3.50. The molecule has 0 fully saturated rings. The molecule has 0 aliphatic carbocycles. The molecule has 1 heterocycles. The van der Waals surface area contributed by atoms with Crippen molar-refractivity contribution < 1.29 is 8.78 Å². The molecule has 1 unspecified atom stereocenters. The van der Waals surface area contributed by atoms with Gasteiger partial charge >= 0.3 is 0 Å². The van der Waals surface area contributed by atoms with Gasteiger partial charge in [-0.3, -0.25) is 4.98 Å². The topological polar surface area (TPSA) is 24.9 Å². The summed E-state index contributed by atoms with van der Waals surface area (Å²) in [6.45, 7) is 1.84. The summed E-state index contributed by atoms with van der Waals surface area (Å²) in [6, 6.07) is 11.1. The van der Waals surface area contributed by atoms with E-state index in [4.69, 9.17) is 0 Å². The number of halogens is 2. The Morgan fingerprint density at radius 2 is 1.95 bits per heavy atom. The fourth-order valence-electron chi connectivity index (χ4n) is 2.41. The van der Waals surface area contributed by atoms with E-state index in [9.17, 15) is 8.78 Å². The van der Waals surface area contributed by atoms with Crippen molar-refractivity contribution in [1.29, 1.82) is 0 Å². The van der Waals surface area contributed by atoms with Crippen molar-refractivity contribution in [3.8, 4) is 0 Å². The van der Waals surface area contributed by atoms with E-state index in [1.165, 1.54) is 12.1 Å². The largest absolute Gasteiger partial charge is 0.378 e. The average molecular weight is 284 g/mol. The van der Waals surface area contributed by atoms with E-state index < -0.39 is 11.6 Å². The molecule has 1 N–H and O–H groups in total. The molecule has 1 atom stereocenters. The first-order valence-electron chi connectivity index (χ1n) is 6.69. The van der Waals surface area contributed by atoms with Crippen molar-refractivity contribution in [1.82, 2.24) is 4.98 Å². The van der Waals surface area contributed by atoms with Crippen LogP contribution >= 0.6 is 0 Å². The average Bonchev–Trinajstić information content (AvgIpc) is 2.47. The first kappa shape index (κ1) is 13.5. The fourth-order valence-corrected chi connectivity index (χ4v) is 2.41. The summed E-state index contributed by atoms with van der Waals surface area (Å²) < 4.78 is 26.8. The SMILES string of the molecule is CC(Nc1cccc2cnccc12)c1ccc(F)cc1F. The molecule has 0 amide bonds. The van der Waals surface area contributed by atoms with Gasteiger partial charge in [-0.2, -0.15) is 0 Å². The second-order valence-electron chi connectivity index (χ2n) is 4.93. The van der Waals surface area contributed by atoms with Crippen LogP contribution in [0.2, 0.25) is 0 Å². The van der Waals surface area contributed by atoms with E-state index in [0.717, 1.165) is 22.5 Å². The molecule has 0 spiro atoms. The maximum Gasteiger partial charge on any atom is 0.131 e. The molecule has 0 saturated carbocycles. The van der Waals surface area contributed by atoms with Crippen LogP contribution in [0.4, 0.5) is 14.5 Å². The minimum atomic E-state index is -0.570. The van der Waals surface area contributed by atoms with E-state index in [0.29, 0.717) is 5.56 Å². The quantitative estimate of drug-likeness (QED) is 0.755. The van der Waals surface area contributed by atoms with Crippen LogP contribution in [0.1, 0.15) is 18.5 Å². The molecule has 2 aromatic carbocycles. The zero-order valence-electron chi connectivity index (χ0n) is 11.5. The minimum absolute atomic E-state index is 0.274. The zero-order valence-corrected chi connectivity index (χ0v) is 11.5. The highest BCUT2D eigenvalue weighted by molar-refractivity contribution is 5.93. The van der Waals surface area contributed by atoms with Gasteiger partial charge in [-0.1, -0.05) is 18.2 Å². The van der Waals surface area contributed by atoms with Crippen molar-refractivity contribution >= 4 is 16.5 Å². The Hall–Kier alpha value is -2.49. The predicted molar refractivity (Wildman–Crippen MR) is 80.1 cm³/mol. The second kappa shape index (κ2) is 5.48. The highest BCUT2D eigenvalue weighted by Gasteiger charge is 2.12. The molecular formula is C17H14F2N2. The Balaban J connectivity index is 1.94. The lowest BCUT2D eigenvalue weighted by molar-refractivity contribution is 0.566. The Labute approximate surface area is 121 Å². The van der Waals surface area contributed by atoms with Crippen LogP contribution in [0.25, 0.3) is 10.8 Å². The molecule has 0 bridgehead atoms. The standard InChI is InChI=1S/C17H14F2N2/c1-11(14-6-5-13(18)9-16(14)19)21-17-4-2-3-12-10-20-8-7-15(12)17/h2-11,21H,1H3. The fraction of sp³-hybridized carbons (Fsp3) is 0.118. The smallest absolute Gasteiger partial charge is 0.131 e. The second-order valence-corrected chi connectivity index (χ2v) is 4.93. The normalized spacial score (nSPS) is 12.3. The Kier molecular flexibility index (Phi) is 3.52. The molecule has 21 heavy (non-hydrogen) atoms. The third kappa shape index (κ3) is 2.70. The number of nitrogens with one attached hydrogen (secondary N) is 1. The molecule has 1 aromatic heterocycles. The first-order chi connectivity index (χ1) is 10.1. The molecule has 0 radical (unpaired) electrons. The summed E-state index contributed by atoms with van der Waals surface area (Å²) in [5, 5.41) is 5.30. The summed E-state index contributed by atoms with van der Waals surface area (Å²) >= 11 is 0. The number of fused-ring (bicyclic) bond motifs is 1. The highest BCUT2D eigenvalue weighted by Crippen LogP contribution is 2.27. The summed E-state index contributed by atoms with van der Waals surface area (Å²) in [4.78, 5) is 4.09. The van der Waals surface area contributed by atoms with Gasteiger partial charge in [-0.15, -0.1) is 0 Å². The molecule has 106 valence electrons. The van der Waals surface area contributed by atoms with Gasteiger partial charge in [-0.25, -0.2) is 8.78 Å². The van der Waals surface area contributed by atoms with E-state index in [-0.39, 0.29) is 6.04 Å².